The maximum Gasteiger partial charge on any atom is 0.0183 e. The van der Waals surface area contributed by atoms with E-state index in [1.54, 1.807) is 0 Å². The van der Waals surface area contributed by atoms with Crippen LogP contribution in [0.25, 0.3) is 0 Å². The molecule has 0 saturated heterocycles. The first-order valence-corrected chi connectivity index (χ1v) is 8.06. The van der Waals surface area contributed by atoms with Crippen LogP contribution in [0.3, 0.4) is 0 Å². The molecule has 2 saturated carbocycles. The third kappa shape index (κ3) is 2.75. The SMILES string of the molecule is CC(C(C)C1(N)CCCCC1)C1(N)CCCCC1. The first kappa shape index (κ1) is 14.3. The van der Waals surface area contributed by atoms with Crippen LogP contribution in [0, 0.1) is 11.8 Å². The predicted molar refractivity (Wildman–Crippen MR) is 78.3 cm³/mol. The highest BCUT2D eigenvalue weighted by atomic mass is 14.8. The molecule has 2 nitrogen and oxygen atoms in total. The lowest BCUT2D eigenvalue weighted by molar-refractivity contribution is 0.0861. The molecule has 106 valence electrons. The fourth-order valence-electron chi connectivity index (χ4n) is 4.33. The van der Waals surface area contributed by atoms with Crippen molar-refractivity contribution in [1.29, 1.82) is 0 Å². The normalized spacial score (nSPS) is 30.7. The molecule has 0 radical (unpaired) electrons. The monoisotopic (exact) mass is 252 g/mol. The molecular formula is C16H32N2. The average Bonchev–Trinajstić information content (AvgIpc) is 2.39. The molecule has 2 heteroatoms. The van der Waals surface area contributed by atoms with Crippen molar-refractivity contribution >= 4 is 0 Å². The molecule has 2 aliphatic carbocycles. The number of rotatable bonds is 3. The maximum absolute atomic E-state index is 6.71. The van der Waals surface area contributed by atoms with Crippen molar-refractivity contribution in [2.75, 3.05) is 0 Å². The molecule has 0 spiro atoms. The maximum atomic E-state index is 6.71. The van der Waals surface area contributed by atoms with Gasteiger partial charge in [-0.25, -0.2) is 0 Å². The van der Waals surface area contributed by atoms with Crippen LogP contribution in [0.2, 0.25) is 0 Å². The first-order valence-electron chi connectivity index (χ1n) is 8.06. The Labute approximate surface area is 113 Å². The minimum Gasteiger partial charge on any atom is -0.325 e. The molecule has 2 aliphatic rings. The van der Waals surface area contributed by atoms with Crippen LogP contribution in [0.15, 0.2) is 0 Å². The van der Waals surface area contributed by atoms with Crippen LogP contribution >= 0.6 is 0 Å². The molecule has 0 aromatic rings. The Hall–Kier alpha value is -0.0800. The molecule has 0 heterocycles. The Morgan fingerprint density at radius 2 is 0.889 bits per heavy atom. The van der Waals surface area contributed by atoms with Gasteiger partial charge in [0.15, 0.2) is 0 Å². The zero-order valence-electron chi connectivity index (χ0n) is 12.4. The summed E-state index contributed by atoms with van der Waals surface area (Å²) in [7, 11) is 0. The van der Waals surface area contributed by atoms with Crippen molar-refractivity contribution in [3.63, 3.8) is 0 Å². The van der Waals surface area contributed by atoms with Gasteiger partial charge in [-0.1, -0.05) is 52.4 Å². The molecule has 4 N–H and O–H groups in total. The second-order valence-corrected chi connectivity index (χ2v) is 7.16. The van der Waals surface area contributed by atoms with Gasteiger partial charge in [0.25, 0.3) is 0 Å². The van der Waals surface area contributed by atoms with Gasteiger partial charge in [0.1, 0.15) is 0 Å². The first-order chi connectivity index (χ1) is 8.48. The molecule has 0 amide bonds. The van der Waals surface area contributed by atoms with Crippen LogP contribution in [0.4, 0.5) is 0 Å². The molecule has 18 heavy (non-hydrogen) atoms. The minimum absolute atomic E-state index is 0.0570. The summed E-state index contributed by atoms with van der Waals surface area (Å²) in [5, 5.41) is 0. The third-order valence-corrected chi connectivity index (χ3v) is 6.13. The number of hydrogen-bond acceptors (Lipinski definition) is 2. The van der Waals surface area contributed by atoms with E-state index in [0.717, 1.165) is 0 Å². The summed E-state index contributed by atoms with van der Waals surface area (Å²) < 4.78 is 0. The average molecular weight is 252 g/mol. The lowest BCUT2D eigenvalue weighted by Crippen LogP contribution is -2.58. The van der Waals surface area contributed by atoms with Crippen molar-refractivity contribution in [2.45, 2.75) is 89.1 Å². The van der Waals surface area contributed by atoms with Crippen molar-refractivity contribution in [1.82, 2.24) is 0 Å². The molecule has 2 fully saturated rings. The molecule has 0 aliphatic heterocycles. The molecule has 0 aromatic carbocycles. The van der Waals surface area contributed by atoms with E-state index < -0.39 is 0 Å². The molecular weight excluding hydrogens is 220 g/mol. The van der Waals surface area contributed by atoms with Crippen molar-refractivity contribution < 1.29 is 0 Å². The lowest BCUT2D eigenvalue weighted by Gasteiger charge is -2.48. The summed E-state index contributed by atoms with van der Waals surface area (Å²) in [5.74, 6) is 1.11. The van der Waals surface area contributed by atoms with E-state index in [-0.39, 0.29) is 11.1 Å². The quantitative estimate of drug-likeness (QED) is 0.806. The van der Waals surface area contributed by atoms with Gasteiger partial charge in [-0.15, -0.1) is 0 Å². The van der Waals surface area contributed by atoms with E-state index in [1.165, 1.54) is 64.2 Å². The summed E-state index contributed by atoms with van der Waals surface area (Å²) >= 11 is 0. The minimum atomic E-state index is 0.0570. The van der Waals surface area contributed by atoms with Gasteiger partial charge in [-0.05, 0) is 37.5 Å². The summed E-state index contributed by atoms with van der Waals surface area (Å²) in [6.45, 7) is 4.72. The molecule has 2 unspecified atom stereocenters. The Morgan fingerprint density at radius 1 is 0.611 bits per heavy atom. The highest BCUT2D eigenvalue weighted by Gasteiger charge is 2.43. The molecule has 0 bridgehead atoms. The smallest absolute Gasteiger partial charge is 0.0183 e. The van der Waals surface area contributed by atoms with E-state index >= 15 is 0 Å². The van der Waals surface area contributed by atoms with Gasteiger partial charge in [0.05, 0.1) is 0 Å². The topological polar surface area (TPSA) is 52.0 Å². The fourth-order valence-corrected chi connectivity index (χ4v) is 4.33. The zero-order valence-corrected chi connectivity index (χ0v) is 12.4. The third-order valence-electron chi connectivity index (χ3n) is 6.13. The highest BCUT2D eigenvalue weighted by Crippen LogP contribution is 2.42. The van der Waals surface area contributed by atoms with Crippen LogP contribution in [-0.4, -0.2) is 11.1 Å². The van der Waals surface area contributed by atoms with Gasteiger partial charge in [0.2, 0.25) is 0 Å². The van der Waals surface area contributed by atoms with E-state index in [2.05, 4.69) is 13.8 Å². The van der Waals surface area contributed by atoms with Crippen molar-refractivity contribution in [3.05, 3.63) is 0 Å². The van der Waals surface area contributed by atoms with Gasteiger partial charge in [0, 0.05) is 11.1 Å². The predicted octanol–water partition coefficient (Wildman–Crippen LogP) is 3.58. The van der Waals surface area contributed by atoms with Crippen LogP contribution in [0.5, 0.6) is 0 Å². The standard InChI is InChI=1S/C16H32N2/c1-13(15(17)9-5-3-6-10-15)14(2)16(18)11-7-4-8-12-16/h13-14H,3-12,17-18H2,1-2H3. The summed E-state index contributed by atoms with van der Waals surface area (Å²) in [5.41, 5.74) is 13.5. The molecule has 0 aromatic heterocycles. The van der Waals surface area contributed by atoms with Gasteiger partial charge < -0.3 is 11.5 Å². The number of nitrogens with two attached hydrogens (primary N) is 2. The fraction of sp³-hybridized carbons (Fsp3) is 1.00. The van der Waals surface area contributed by atoms with E-state index in [9.17, 15) is 0 Å². The Kier molecular flexibility index (Phi) is 4.38. The second kappa shape index (κ2) is 5.50. The lowest BCUT2D eigenvalue weighted by atomic mass is 9.62. The molecule has 2 atom stereocenters. The van der Waals surface area contributed by atoms with Gasteiger partial charge >= 0.3 is 0 Å². The van der Waals surface area contributed by atoms with Gasteiger partial charge in [-0.3, -0.25) is 0 Å². The number of hydrogen-bond donors (Lipinski definition) is 2. The highest BCUT2D eigenvalue weighted by molar-refractivity contribution is 5.01. The van der Waals surface area contributed by atoms with E-state index in [4.69, 9.17) is 11.5 Å². The van der Waals surface area contributed by atoms with Gasteiger partial charge in [-0.2, -0.15) is 0 Å². The van der Waals surface area contributed by atoms with Crippen LogP contribution < -0.4 is 11.5 Å². The molecule has 2 rings (SSSR count). The Morgan fingerprint density at radius 3 is 1.17 bits per heavy atom. The van der Waals surface area contributed by atoms with E-state index in [1.807, 2.05) is 0 Å². The second-order valence-electron chi connectivity index (χ2n) is 7.16. The van der Waals surface area contributed by atoms with E-state index in [0.29, 0.717) is 11.8 Å². The Bertz CT molecular complexity index is 234. The van der Waals surface area contributed by atoms with Crippen molar-refractivity contribution in [2.24, 2.45) is 23.3 Å². The summed E-state index contributed by atoms with van der Waals surface area (Å²) in [4.78, 5) is 0. The summed E-state index contributed by atoms with van der Waals surface area (Å²) in [6, 6.07) is 0. The van der Waals surface area contributed by atoms with Crippen LogP contribution in [-0.2, 0) is 0 Å². The van der Waals surface area contributed by atoms with Crippen molar-refractivity contribution in [3.8, 4) is 0 Å². The Balaban J connectivity index is 2.04. The zero-order chi connectivity index (χ0) is 13.2. The largest absolute Gasteiger partial charge is 0.325 e. The summed E-state index contributed by atoms with van der Waals surface area (Å²) in [6.07, 6.45) is 12.8. The van der Waals surface area contributed by atoms with Crippen LogP contribution in [0.1, 0.15) is 78.1 Å².